The van der Waals surface area contributed by atoms with Crippen molar-refractivity contribution in [2.75, 3.05) is 13.2 Å². The van der Waals surface area contributed by atoms with E-state index in [0.717, 1.165) is 60.8 Å². The van der Waals surface area contributed by atoms with Crippen LogP contribution in [-0.4, -0.2) is 13.2 Å². The molecule has 0 saturated heterocycles. The summed E-state index contributed by atoms with van der Waals surface area (Å²) in [5.41, 5.74) is 2.79. The lowest BCUT2D eigenvalue weighted by Gasteiger charge is -2.19. The molecule has 3 aromatic carbocycles. The van der Waals surface area contributed by atoms with Crippen molar-refractivity contribution in [2.24, 2.45) is 0 Å². The molecule has 34 heavy (non-hydrogen) atoms. The molecule has 0 radical (unpaired) electrons. The van der Waals surface area contributed by atoms with Crippen molar-refractivity contribution < 1.29 is 9.47 Å². The molecule has 2 heteroatoms. The SMILES string of the molecule is CCC/C=C/CCOc1c2ccccc2c(OCC/C=C/CCC)c2cc(CC)c(CC)cc12. The molecule has 0 N–H and O–H groups in total. The van der Waals surface area contributed by atoms with Crippen LogP contribution in [0.25, 0.3) is 21.5 Å². The molecule has 0 heterocycles. The van der Waals surface area contributed by atoms with E-state index in [1.165, 1.54) is 34.7 Å². The molecule has 0 aliphatic rings. The predicted octanol–water partition coefficient (Wildman–Crippen LogP) is 9.37. The van der Waals surface area contributed by atoms with E-state index in [1.54, 1.807) is 0 Å². The maximum absolute atomic E-state index is 6.49. The third-order valence-corrected chi connectivity index (χ3v) is 6.31. The van der Waals surface area contributed by atoms with Crippen LogP contribution in [0.1, 0.15) is 77.3 Å². The molecule has 0 amide bonds. The monoisotopic (exact) mass is 458 g/mol. The first-order valence-electron chi connectivity index (χ1n) is 13.3. The van der Waals surface area contributed by atoms with Gasteiger partial charge in [0.15, 0.2) is 0 Å². The molecule has 0 aliphatic heterocycles. The minimum Gasteiger partial charge on any atom is -0.492 e. The topological polar surface area (TPSA) is 18.5 Å². The second-order valence-corrected chi connectivity index (χ2v) is 8.87. The summed E-state index contributed by atoms with van der Waals surface area (Å²) in [6.45, 7) is 10.2. The second-order valence-electron chi connectivity index (χ2n) is 8.87. The van der Waals surface area contributed by atoms with Gasteiger partial charge in [0.25, 0.3) is 0 Å². The van der Waals surface area contributed by atoms with E-state index in [9.17, 15) is 0 Å². The summed E-state index contributed by atoms with van der Waals surface area (Å²) in [5, 5.41) is 4.61. The van der Waals surface area contributed by atoms with Gasteiger partial charge >= 0.3 is 0 Å². The maximum Gasteiger partial charge on any atom is 0.135 e. The average molecular weight is 459 g/mol. The Morgan fingerprint density at radius 2 is 0.971 bits per heavy atom. The van der Waals surface area contributed by atoms with Gasteiger partial charge in [-0.05, 0) is 61.8 Å². The van der Waals surface area contributed by atoms with Crippen LogP contribution in [0.5, 0.6) is 11.5 Å². The Labute approximate surface area is 206 Å². The zero-order chi connectivity index (χ0) is 24.2. The highest BCUT2D eigenvalue weighted by molar-refractivity contribution is 6.11. The van der Waals surface area contributed by atoms with Crippen molar-refractivity contribution >= 4 is 21.5 Å². The van der Waals surface area contributed by atoms with Gasteiger partial charge in [0, 0.05) is 21.5 Å². The molecule has 3 rings (SSSR count). The van der Waals surface area contributed by atoms with Crippen LogP contribution in [-0.2, 0) is 12.8 Å². The first kappa shape index (κ1) is 25.9. The van der Waals surface area contributed by atoms with Gasteiger partial charge < -0.3 is 9.47 Å². The molecule has 0 bridgehead atoms. The third kappa shape index (κ3) is 6.44. The summed E-state index contributed by atoms with van der Waals surface area (Å²) < 4.78 is 13.0. The number of hydrogen-bond donors (Lipinski definition) is 0. The van der Waals surface area contributed by atoms with Gasteiger partial charge in [-0.2, -0.15) is 0 Å². The van der Waals surface area contributed by atoms with E-state index >= 15 is 0 Å². The summed E-state index contributed by atoms with van der Waals surface area (Å²) >= 11 is 0. The molecule has 0 unspecified atom stereocenters. The zero-order valence-corrected chi connectivity index (χ0v) is 21.7. The van der Waals surface area contributed by atoms with Gasteiger partial charge in [0.1, 0.15) is 11.5 Å². The van der Waals surface area contributed by atoms with E-state index in [-0.39, 0.29) is 0 Å². The summed E-state index contributed by atoms with van der Waals surface area (Å²) in [7, 11) is 0. The standard InChI is InChI=1S/C32H42O2/c1-5-9-11-13-17-21-33-31-27-19-15-16-20-28(27)32(34-22-18-14-12-10-6-2)30-24-26(8-4)25(7-3)23-29(30)31/h11-16,19-20,23-24H,5-10,17-18,21-22H2,1-4H3/b13-11+,14-12+. The lowest BCUT2D eigenvalue weighted by molar-refractivity contribution is 0.327. The minimum absolute atomic E-state index is 0.679. The number of ether oxygens (including phenoxy) is 2. The third-order valence-electron chi connectivity index (χ3n) is 6.31. The van der Waals surface area contributed by atoms with Crippen LogP contribution in [0.2, 0.25) is 0 Å². The molecule has 0 aliphatic carbocycles. The lowest BCUT2D eigenvalue weighted by atomic mass is 9.93. The highest BCUT2D eigenvalue weighted by atomic mass is 16.5. The summed E-state index contributed by atoms with van der Waals surface area (Å²) in [4.78, 5) is 0. The van der Waals surface area contributed by atoms with Gasteiger partial charge in [0.2, 0.25) is 0 Å². The molecule has 0 atom stereocenters. The molecule has 0 aromatic heterocycles. The fraction of sp³-hybridized carbons (Fsp3) is 0.438. The van der Waals surface area contributed by atoms with Crippen molar-refractivity contribution in [3.63, 3.8) is 0 Å². The Kier molecular flexibility index (Phi) is 10.5. The van der Waals surface area contributed by atoms with Crippen molar-refractivity contribution in [2.45, 2.75) is 79.1 Å². The molecule has 0 saturated carbocycles. The average Bonchev–Trinajstić information content (AvgIpc) is 2.87. The van der Waals surface area contributed by atoms with Crippen LogP contribution in [0.15, 0.2) is 60.7 Å². The molecular formula is C32H42O2. The Balaban J connectivity index is 2.05. The van der Waals surface area contributed by atoms with Gasteiger partial charge in [-0.3, -0.25) is 0 Å². The molecular weight excluding hydrogens is 416 g/mol. The number of fused-ring (bicyclic) bond motifs is 2. The van der Waals surface area contributed by atoms with E-state index in [1.807, 2.05) is 0 Å². The van der Waals surface area contributed by atoms with Crippen LogP contribution < -0.4 is 9.47 Å². The van der Waals surface area contributed by atoms with E-state index in [0.29, 0.717) is 13.2 Å². The normalized spacial score (nSPS) is 11.9. The second kappa shape index (κ2) is 13.8. The van der Waals surface area contributed by atoms with Crippen LogP contribution in [0, 0.1) is 0 Å². The van der Waals surface area contributed by atoms with Crippen molar-refractivity contribution in [3.05, 3.63) is 71.8 Å². The van der Waals surface area contributed by atoms with Gasteiger partial charge in [-0.1, -0.05) is 89.1 Å². The first-order chi connectivity index (χ1) is 16.7. The number of benzene rings is 3. The van der Waals surface area contributed by atoms with Crippen molar-refractivity contribution in [1.82, 2.24) is 0 Å². The smallest absolute Gasteiger partial charge is 0.135 e. The van der Waals surface area contributed by atoms with E-state index in [2.05, 4.69) is 88.4 Å². The lowest BCUT2D eigenvalue weighted by Crippen LogP contribution is -2.03. The van der Waals surface area contributed by atoms with Crippen LogP contribution >= 0.6 is 0 Å². The number of aryl methyl sites for hydroxylation is 2. The highest BCUT2D eigenvalue weighted by Gasteiger charge is 2.18. The first-order valence-corrected chi connectivity index (χ1v) is 13.3. The van der Waals surface area contributed by atoms with E-state index < -0.39 is 0 Å². The van der Waals surface area contributed by atoms with Crippen LogP contribution in [0.4, 0.5) is 0 Å². The number of rotatable bonds is 14. The molecule has 3 aromatic rings. The number of allylic oxidation sites excluding steroid dienone is 2. The fourth-order valence-corrected chi connectivity index (χ4v) is 4.47. The Morgan fingerprint density at radius 1 is 0.559 bits per heavy atom. The molecule has 0 spiro atoms. The summed E-state index contributed by atoms with van der Waals surface area (Å²) in [6, 6.07) is 13.2. The summed E-state index contributed by atoms with van der Waals surface area (Å²) in [5.74, 6) is 1.98. The highest BCUT2D eigenvalue weighted by Crippen LogP contribution is 2.44. The van der Waals surface area contributed by atoms with Gasteiger partial charge in [-0.25, -0.2) is 0 Å². The number of hydrogen-bond acceptors (Lipinski definition) is 2. The predicted molar refractivity (Wildman–Crippen MR) is 149 cm³/mol. The Hall–Kier alpha value is -2.74. The van der Waals surface area contributed by atoms with E-state index in [4.69, 9.17) is 9.47 Å². The zero-order valence-electron chi connectivity index (χ0n) is 21.7. The Morgan fingerprint density at radius 3 is 1.35 bits per heavy atom. The fourth-order valence-electron chi connectivity index (χ4n) is 4.47. The molecule has 0 fully saturated rings. The minimum atomic E-state index is 0.679. The van der Waals surface area contributed by atoms with Crippen LogP contribution in [0.3, 0.4) is 0 Å². The number of unbranched alkanes of at least 4 members (excludes halogenated alkanes) is 2. The molecule has 2 nitrogen and oxygen atoms in total. The quantitative estimate of drug-likeness (QED) is 0.136. The summed E-state index contributed by atoms with van der Waals surface area (Å²) in [6.07, 6.45) is 17.5. The largest absolute Gasteiger partial charge is 0.492 e. The van der Waals surface area contributed by atoms with Gasteiger partial charge in [0.05, 0.1) is 13.2 Å². The van der Waals surface area contributed by atoms with Gasteiger partial charge in [-0.15, -0.1) is 0 Å². The maximum atomic E-state index is 6.49. The molecule has 182 valence electrons. The van der Waals surface area contributed by atoms with Crippen molar-refractivity contribution in [1.29, 1.82) is 0 Å². The Bertz CT molecular complexity index is 1020. The van der Waals surface area contributed by atoms with Crippen molar-refractivity contribution in [3.8, 4) is 11.5 Å².